The fraction of sp³-hybridized carbons (Fsp3) is 0.227. The smallest absolute Gasteiger partial charge is 0.224 e. The fourth-order valence-corrected chi connectivity index (χ4v) is 5.50. The Morgan fingerprint density at radius 2 is 2.17 bits per heavy atom. The van der Waals surface area contributed by atoms with Crippen molar-refractivity contribution in [2.75, 3.05) is 10.2 Å². The van der Waals surface area contributed by atoms with E-state index in [0.717, 1.165) is 27.1 Å². The molecule has 1 aliphatic heterocycles. The Bertz CT molecular complexity index is 1090. The zero-order valence-corrected chi connectivity index (χ0v) is 19.8. The Balaban J connectivity index is 1.74. The Labute approximate surface area is 193 Å². The van der Waals surface area contributed by atoms with Gasteiger partial charge in [-0.2, -0.15) is 0 Å². The number of thiophene rings is 1. The number of pyridine rings is 1. The van der Waals surface area contributed by atoms with Crippen LogP contribution in [0.1, 0.15) is 41.6 Å². The van der Waals surface area contributed by atoms with Crippen molar-refractivity contribution < 1.29 is 4.79 Å². The number of nitrogens with one attached hydrogen (secondary N) is 2. The van der Waals surface area contributed by atoms with Crippen molar-refractivity contribution in [2.24, 2.45) is 0 Å². The molecule has 30 heavy (non-hydrogen) atoms. The summed E-state index contributed by atoms with van der Waals surface area (Å²) < 4.78 is 1.05. The van der Waals surface area contributed by atoms with Gasteiger partial charge in [0, 0.05) is 38.7 Å². The van der Waals surface area contributed by atoms with Gasteiger partial charge in [-0.25, -0.2) is 0 Å². The Kier molecular flexibility index (Phi) is 6.17. The molecule has 1 saturated heterocycles. The van der Waals surface area contributed by atoms with Gasteiger partial charge in [-0.05, 0) is 77.0 Å². The summed E-state index contributed by atoms with van der Waals surface area (Å²) in [5.41, 5.74) is 3.73. The number of hydrogen-bond acceptors (Lipinski definition) is 4. The highest BCUT2D eigenvalue weighted by atomic mass is 79.9. The lowest BCUT2D eigenvalue weighted by molar-refractivity contribution is -0.115. The molecule has 1 aromatic carbocycles. The summed E-state index contributed by atoms with van der Waals surface area (Å²) >= 11 is 11.0. The molecule has 5 nitrogen and oxygen atoms in total. The predicted molar refractivity (Wildman–Crippen MR) is 130 cm³/mol. The lowest BCUT2D eigenvalue weighted by atomic mass is 10.0. The highest BCUT2D eigenvalue weighted by Crippen LogP contribution is 2.44. The van der Waals surface area contributed by atoms with E-state index >= 15 is 0 Å². The first kappa shape index (κ1) is 21.0. The van der Waals surface area contributed by atoms with E-state index in [9.17, 15) is 4.79 Å². The first-order valence-corrected chi connectivity index (χ1v) is 11.7. The minimum absolute atomic E-state index is 0.000684. The number of nitrogens with zero attached hydrogens (tertiary/aromatic N) is 2. The van der Waals surface area contributed by atoms with Crippen molar-refractivity contribution in [1.29, 1.82) is 0 Å². The summed E-state index contributed by atoms with van der Waals surface area (Å²) in [6.45, 7) is 3.84. The Morgan fingerprint density at radius 1 is 1.33 bits per heavy atom. The lowest BCUT2D eigenvalue weighted by Gasteiger charge is -2.27. The summed E-state index contributed by atoms with van der Waals surface area (Å²) in [5.74, 6) is 0.000684. The van der Waals surface area contributed by atoms with Gasteiger partial charge in [0.25, 0.3) is 0 Å². The third-order valence-electron chi connectivity index (χ3n) is 5.06. The molecule has 0 radical (unpaired) electrons. The van der Waals surface area contributed by atoms with E-state index < -0.39 is 0 Å². The van der Waals surface area contributed by atoms with E-state index in [0.29, 0.717) is 11.5 Å². The molecule has 8 heteroatoms. The first-order valence-electron chi connectivity index (χ1n) is 9.63. The molecule has 2 aromatic heterocycles. The molecule has 4 rings (SSSR count). The zero-order valence-electron chi connectivity index (χ0n) is 16.6. The summed E-state index contributed by atoms with van der Waals surface area (Å²) in [5, 5.41) is 9.16. The highest BCUT2D eigenvalue weighted by Gasteiger charge is 2.41. The molecular formula is C22H21BrN4OS2. The van der Waals surface area contributed by atoms with Gasteiger partial charge >= 0.3 is 0 Å². The maximum Gasteiger partial charge on any atom is 0.224 e. The predicted octanol–water partition coefficient (Wildman–Crippen LogP) is 5.74. The van der Waals surface area contributed by atoms with Crippen LogP contribution in [0, 0.1) is 6.92 Å². The normalized spacial score (nSPS) is 18.4. The van der Waals surface area contributed by atoms with Crippen molar-refractivity contribution in [3.05, 3.63) is 74.6 Å². The van der Waals surface area contributed by atoms with Crippen LogP contribution in [-0.4, -0.2) is 16.0 Å². The van der Waals surface area contributed by atoms with Gasteiger partial charge in [0.1, 0.15) is 0 Å². The molecule has 0 saturated carbocycles. The maximum atomic E-state index is 11.8. The number of hydrogen-bond donors (Lipinski definition) is 2. The zero-order chi connectivity index (χ0) is 21.3. The summed E-state index contributed by atoms with van der Waals surface area (Å²) in [6, 6.07) is 14.0. The van der Waals surface area contributed by atoms with E-state index in [-0.39, 0.29) is 18.0 Å². The van der Waals surface area contributed by atoms with Crippen LogP contribution in [0.3, 0.4) is 0 Å². The van der Waals surface area contributed by atoms with Crippen molar-refractivity contribution in [3.63, 3.8) is 0 Å². The molecule has 1 fully saturated rings. The number of halogens is 1. The fourth-order valence-electron chi connectivity index (χ4n) is 3.58. The first-order chi connectivity index (χ1) is 14.5. The third-order valence-corrected chi connectivity index (χ3v) is 7.14. The molecule has 0 unspecified atom stereocenters. The van der Waals surface area contributed by atoms with Gasteiger partial charge in [-0.15, -0.1) is 11.3 Å². The van der Waals surface area contributed by atoms with Gasteiger partial charge in [0.05, 0.1) is 17.8 Å². The number of thiocarbonyl (C=S) groups is 1. The monoisotopic (exact) mass is 500 g/mol. The molecule has 1 amide bonds. The number of anilines is 2. The highest BCUT2D eigenvalue weighted by molar-refractivity contribution is 9.10. The van der Waals surface area contributed by atoms with Gasteiger partial charge in [0.15, 0.2) is 5.11 Å². The summed E-state index contributed by atoms with van der Waals surface area (Å²) in [7, 11) is 0. The number of benzene rings is 1. The molecule has 1 aliphatic rings. The molecule has 3 heterocycles. The largest absolute Gasteiger partial charge is 0.351 e. The van der Waals surface area contributed by atoms with Gasteiger partial charge < -0.3 is 15.5 Å². The van der Waals surface area contributed by atoms with Crippen LogP contribution in [0.2, 0.25) is 0 Å². The number of carbonyl (C=O) groups excluding carboxylic acids is 1. The Morgan fingerprint density at radius 3 is 2.80 bits per heavy atom. The summed E-state index contributed by atoms with van der Waals surface area (Å²) in [6.07, 6.45) is 2.25. The van der Waals surface area contributed by atoms with Crippen LogP contribution < -0.4 is 15.5 Å². The van der Waals surface area contributed by atoms with E-state index in [2.05, 4.69) is 54.0 Å². The molecule has 0 aliphatic carbocycles. The number of aromatic nitrogens is 1. The quantitative estimate of drug-likeness (QED) is 0.437. The van der Waals surface area contributed by atoms with Crippen molar-refractivity contribution in [3.8, 4) is 0 Å². The van der Waals surface area contributed by atoms with E-state index in [1.165, 1.54) is 4.88 Å². The molecule has 0 bridgehead atoms. The van der Waals surface area contributed by atoms with Crippen LogP contribution in [0.25, 0.3) is 0 Å². The van der Waals surface area contributed by atoms with Gasteiger partial charge in [-0.3, -0.25) is 9.78 Å². The number of carbonyl (C=O) groups is 1. The second-order valence-corrected chi connectivity index (χ2v) is 9.31. The maximum absolute atomic E-state index is 11.8. The lowest BCUT2D eigenvalue weighted by Crippen LogP contribution is -2.29. The minimum Gasteiger partial charge on any atom is -0.351 e. The van der Waals surface area contributed by atoms with Crippen LogP contribution in [0.4, 0.5) is 11.4 Å². The molecule has 154 valence electrons. The van der Waals surface area contributed by atoms with Crippen LogP contribution in [0.15, 0.2) is 58.5 Å². The standard InChI is InChI=1S/C22H21BrN4OS2/c1-3-19(28)25-16-8-7-15(10-13(16)2)27-21(18-11-14(23)12-30-18)20(26-22(27)29)17-6-4-5-9-24-17/h4-12,20-21H,3H2,1-2H3,(H,25,28)(H,26,29)/t20-,21-/m0/s1. The average Bonchev–Trinajstić information content (AvgIpc) is 3.32. The van der Waals surface area contributed by atoms with Crippen molar-refractivity contribution in [1.82, 2.24) is 10.3 Å². The topological polar surface area (TPSA) is 57.3 Å². The third kappa shape index (κ3) is 4.12. The summed E-state index contributed by atoms with van der Waals surface area (Å²) in [4.78, 5) is 19.7. The van der Waals surface area contributed by atoms with Crippen LogP contribution in [0.5, 0.6) is 0 Å². The van der Waals surface area contributed by atoms with E-state index in [4.69, 9.17) is 12.2 Å². The second kappa shape index (κ2) is 8.83. The minimum atomic E-state index is -0.0657. The van der Waals surface area contributed by atoms with Crippen LogP contribution in [-0.2, 0) is 4.79 Å². The molecule has 3 aromatic rings. The van der Waals surface area contributed by atoms with Crippen LogP contribution >= 0.6 is 39.5 Å². The van der Waals surface area contributed by atoms with E-state index in [1.54, 1.807) is 17.5 Å². The molecule has 2 N–H and O–H groups in total. The molecular weight excluding hydrogens is 480 g/mol. The van der Waals surface area contributed by atoms with E-state index in [1.807, 2.05) is 44.2 Å². The second-order valence-electron chi connectivity index (χ2n) is 7.06. The average molecular weight is 501 g/mol. The number of rotatable bonds is 5. The number of amides is 1. The van der Waals surface area contributed by atoms with Crippen molar-refractivity contribution in [2.45, 2.75) is 32.4 Å². The molecule has 0 spiro atoms. The van der Waals surface area contributed by atoms with Gasteiger partial charge in [-0.1, -0.05) is 13.0 Å². The Hall–Kier alpha value is -2.29. The molecule has 2 atom stereocenters. The van der Waals surface area contributed by atoms with Crippen molar-refractivity contribution >= 4 is 61.9 Å². The number of aryl methyl sites for hydroxylation is 1. The van der Waals surface area contributed by atoms with Gasteiger partial charge in [0.2, 0.25) is 5.91 Å². The SMILES string of the molecule is CCC(=O)Nc1ccc(N2C(=S)N[C@@H](c3ccccn3)[C@@H]2c2cc(Br)cs2)cc1C.